The summed E-state index contributed by atoms with van der Waals surface area (Å²) in [6.45, 7) is 3.79. The van der Waals surface area contributed by atoms with Gasteiger partial charge in [0.05, 0.1) is 25.5 Å². The Hall–Kier alpha value is -4.04. The zero-order chi connectivity index (χ0) is 25.2. The van der Waals surface area contributed by atoms with Crippen LogP contribution in [0, 0.1) is 0 Å². The van der Waals surface area contributed by atoms with Crippen LogP contribution in [0.3, 0.4) is 0 Å². The van der Waals surface area contributed by atoms with Crippen molar-refractivity contribution < 1.29 is 28.5 Å². The number of carbonyl (C=O) groups excluding carboxylic acids is 2. The van der Waals surface area contributed by atoms with Crippen molar-refractivity contribution in [3.63, 3.8) is 0 Å². The third kappa shape index (κ3) is 7.48. The molecule has 3 aromatic rings. The zero-order valence-corrected chi connectivity index (χ0v) is 20.2. The van der Waals surface area contributed by atoms with Crippen molar-refractivity contribution in [3.8, 4) is 23.0 Å². The van der Waals surface area contributed by atoms with E-state index in [2.05, 4.69) is 10.5 Å². The molecule has 3 aromatic carbocycles. The predicted octanol–water partition coefficient (Wildman–Crippen LogP) is 4.88. The number of nitrogens with one attached hydrogen (secondary N) is 1. The van der Waals surface area contributed by atoms with E-state index in [1.165, 1.54) is 6.21 Å². The van der Waals surface area contributed by atoms with E-state index in [-0.39, 0.29) is 5.75 Å². The van der Waals surface area contributed by atoms with Crippen LogP contribution >= 0.6 is 11.6 Å². The minimum atomic E-state index is -0.771. The van der Waals surface area contributed by atoms with Gasteiger partial charge in [0, 0.05) is 5.02 Å². The number of halogens is 1. The number of benzene rings is 3. The van der Waals surface area contributed by atoms with Gasteiger partial charge < -0.3 is 18.9 Å². The standard InChI is InChI=1S/C26H25ClN2O6/c1-4-33-24-15-18(5-14-23(24)35-26(31)19-6-10-21(32-3)11-7-19)16-28-29-25(30)17(2)34-22-12-8-20(27)9-13-22/h5-17H,4H2,1-3H3,(H,29,30)/b28-16+. The van der Waals surface area contributed by atoms with Crippen molar-refractivity contribution in [1.82, 2.24) is 5.43 Å². The summed E-state index contributed by atoms with van der Waals surface area (Å²) in [6.07, 6.45) is 0.678. The van der Waals surface area contributed by atoms with Crippen LogP contribution in [0.25, 0.3) is 0 Å². The Labute approximate surface area is 208 Å². The van der Waals surface area contributed by atoms with Gasteiger partial charge in [-0.2, -0.15) is 5.10 Å². The van der Waals surface area contributed by atoms with Crippen LogP contribution in [0.5, 0.6) is 23.0 Å². The number of hydrogen-bond donors (Lipinski definition) is 1. The monoisotopic (exact) mass is 496 g/mol. The first kappa shape index (κ1) is 25.6. The van der Waals surface area contributed by atoms with E-state index >= 15 is 0 Å². The lowest BCUT2D eigenvalue weighted by molar-refractivity contribution is -0.127. The minimum Gasteiger partial charge on any atom is -0.497 e. The molecule has 35 heavy (non-hydrogen) atoms. The molecule has 3 rings (SSSR count). The first-order valence-corrected chi connectivity index (χ1v) is 11.2. The Morgan fingerprint density at radius 2 is 1.69 bits per heavy atom. The summed E-state index contributed by atoms with van der Waals surface area (Å²) in [5.74, 6) is 0.825. The Kier molecular flexibility index (Phi) is 9.09. The van der Waals surface area contributed by atoms with Gasteiger partial charge >= 0.3 is 5.97 Å². The molecule has 0 heterocycles. The van der Waals surface area contributed by atoms with Gasteiger partial charge in [-0.05, 0) is 86.1 Å². The molecule has 1 N–H and O–H groups in total. The molecule has 0 spiro atoms. The quantitative estimate of drug-likeness (QED) is 0.186. The van der Waals surface area contributed by atoms with Gasteiger partial charge in [0.2, 0.25) is 0 Å². The number of nitrogens with zero attached hydrogens (tertiary/aromatic N) is 1. The van der Waals surface area contributed by atoms with E-state index in [4.69, 9.17) is 30.5 Å². The summed E-state index contributed by atoms with van der Waals surface area (Å²) in [5, 5.41) is 4.55. The number of methoxy groups -OCH3 is 1. The fourth-order valence-electron chi connectivity index (χ4n) is 2.88. The fourth-order valence-corrected chi connectivity index (χ4v) is 3.00. The number of esters is 1. The topological polar surface area (TPSA) is 95.5 Å². The lowest BCUT2D eigenvalue weighted by Crippen LogP contribution is -2.33. The Morgan fingerprint density at radius 3 is 2.34 bits per heavy atom. The molecule has 0 aliphatic heterocycles. The predicted molar refractivity (Wildman–Crippen MR) is 133 cm³/mol. The molecule has 0 radical (unpaired) electrons. The summed E-state index contributed by atoms with van der Waals surface area (Å²) in [4.78, 5) is 24.8. The lowest BCUT2D eigenvalue weighted by atomic mass is 10.2. The van der Waals surface area contributed by atoms with Gasteiger partial charge in [-0.1, -0.05) is 11.6 Å². The van der Waals surface area contributed by atoms with E-state index < -0.39 is 18.0 Å². The SMILES string of the molecule is CCOc1cc(/C=N/NC(=O)C(C)Oc2ccc(Cl)cc2)ccc1OC(=O)c1ccc(OC)cc1. The third-order valence-electron chi connectivity index (χ3n) is 4.68. The summed E-state index contributed by atoms with van der Waals surface area (Å²) in [6, 6.07) is 18.2. The molecule has 0 fully saturated rings. The largest absolute Gasteiger partial charge is 0.497 e. The van der Waals surface area contributed by atoms with Crippen LogP contribution in [-0.2, 0) is 4.79 Å². The molecule has 0 aromatic heterocycles. The normalized spacial score (nSPS) is 11.5. The molecular weight excluding hydrogens is 472 g/mol. The van der Waals surface area contributed by atoms with Crippen LogP contribution in [-0.4, -0.2) is 37.9 Å². The van der Waals surface area contributed by atoms with Crippen molar-refractivity contribution in [1.29, 1.82) is 0 Å². The molecule has 1 amide bonds. The van der Waals surface area contributed by atoms with Crippen molar-refractivity contribution in [2.45, 2.75) is 20.0 Å². The van der Waals surface area contributed by atoms with Crippen LogP contribution in [0.4, 0.5) is 0 Å². The minimum absolute atomic E-state index is 0.263. The second-order valence-corrected chi connectivity index (χ2v) is 7.64. The van der Waals surface area contributed by atoms with E-state index in [9.17, 15) is 9.59 Å². The maximum atomic E-state index is 12.5. The molecule has 1 atom stereocenters. The second kappa shape index (κ2) is 12.4. The smallest absolute Gasteiger partial charge is 0.343 e. The Morgan fingerprint density at radius 1 is 1.00 bits per heavy atom. The molecule has 0 aliphatic carbocycles. The van der Waals surface area contributed by atoms with E-state index in [1.807, 2.05) is 6.92 Å². The van der Waals surface area contributed by atoms with Crippen LogP contribution in [0.15, 0.2) is 71.8 Å². The van der Waals surface area contributed by atoms with E-state index in [0.29, 0.717) is 40.0 Å². The fraction of sp³-hybridized carbons (Fsp3) is 0.192. The molecule has 0 saturated heterocycles. The first-order valence-electron chi connectivity index (χ1n) is 10.8. The van der Waals surface area contributed by atoms with Crippen molar-refractivity contribution in [2.75, 3.05) is 13.7 Å². The molecule has 182 valence electrons. The highest BCUT2D eigenvalue weighted by atomic mass is 35.5. The highest BCUT2D eigenvalue weighted by Crippen LogP contribution is 2.29. The molecule has 1 unspecified atom stereocenters. The maximum Gasteiger partial charge on any atom is 0.343 e. The molecule has 0 bridgehead atoms. The van der Waals surface area contributed by atoms with Gasteiger partial charge in [-0.25, -0.2) is 10.2 Å². The number of carbonyl (C=O) groups is 2. The van der Waals surface area contributed by atoms with Gasteiger partial charge in [0.1, 0.15) is 11.5 Å². The Balaban J connectivity index is 1.62. The Bertz CT molecular complexity index is 1180. The highest BCUT2D eigenvalue weighted by Gasteiger charge is 2.15. The van der Waals surface area contributed by atoms with Crippen molar-refractivity contribution in [3.05, 3.63) is 82.9 Å². The number of ether oxygens (including phenoxy) is 4. The molecule has 0 saturated carbocycles. The third-order valence-corrected chi connectivity index (χ3v) is 4.93. The van der Waals surface area contributed by atoms with Crippen LogP contribution in [0.1, 0.15) is 29.8 Å². The highest BCUT2D eigenvalue weighted by molar-refractivity contribution is 6.30. The number of amides is 1. The van der Waals surface area contributed by atoms with Gasteiger partial charge in [-0.15, -0.1) is 0 Å². The average Bonchev–Trinajstić information content (AvgIpc) is 2.87. The van der Waals surface area contributed by atoms with Crippen LogP contribution in [0.2, 0.25) is 5.02 Å². The lowest BCUT2D eigenvalue weighted by Gasteiger charge is -2.13. The number of rotatable bonds is 10. The van der Waals surface area contributed by atoms with Gasteiger partial charge in [-0.3, -0.25) is 4.79 Å². The molecule has 0 aliphatic rings. The van der Waals surface area contributed by atoms with E-state index in [0.717, 1.165) is 0 Å². The number of hydrogen-bond acceptors (Lipinski definition) is 7. The molecule has 9 heteroatoms. The van der Waals surface area contributed by atoms with Crippen molar-refractivity contribution in [2.24, 2.45) is 5.10 Å². The van der Waals surface area contributed by atoms with Crippen LogP contribution < -0.4 is 24.4 Å². The summed E-state index contributed by atoms with van der Waals surface area (Å²) >= 11 is 5.85. The average molecular weight is 497 g/mol. The summed E-state index contributed by atoms with van der Waals surface area (Å²) in [7, 11) is 1.55. The van der Waals surface area contributed by atoms with Crippen molar-refractivity contribution >= 4 is 29.7 Å². The molecular formula is C26H25ClN2O6. The summed E-state index contributed by atoms with van der Waals surface area (Å²) in [5.41, 5.74) is 3.44. The van der Waals surface area contributed by atoms with Gasteiger partial charge in [0.25, 0.3) is 5.91 Å². The van der Waals surface area contributed by atoms with Gasteiger partial charge in [0.15, 0.2) is 17.6 Å². The second-order valence-electron chi connectivity index (χ2n) is 7.21. The maximum absolute atomic E-state index is 12.5. The van der Waals surface area contributed by atoms with E-state index in [1.54, 1.807) is 80.8 Å². The first-order chi connectivity index (χ1) is 16.9. The molecule has 8 nitrogen and oxygen atoms in total. The summed E-state index contributed by atoms with van der Waals surface area (Å²) < 4.78 is 21.8. The number of hydrazone groups is 1. The zero-order valence-electron chi connectivity index (χ0n) is 19.5.